The number of hydrogen-bond acceptors (Lipinski definition) is 2. The van der Waals surface area contributed by atoms with Crippen LogP contribution in [0.25, 0.3) is 0 Å². The fourth-order valence-corrected chi connectivity index (χ4v) is 1.70. The molecule has 0 aliphatic heterocycles. The lowest BCUT2D eigenvalue weighted by Gasteiger charge is -2.05. The van der Waals surface area contributed by atoms with Gasteiger partial charge in [0.05, 0.1) is 5.38 Å². The summed E-state index contributed by atoms with van der Waals surface area (Å²) in [6, 6.07) is 0. The molecule has 0 bridgehead atoms. The highest BCUT2D eigenvalue weighted by Crippen LogP contribution is 2.18. The van der Waals surface area contributed by atoms with E-state index in [0.29, 0.717) is 0 Å². The molecule has 0 spiro atoms. The molecule has 0 rings (SSSR count). The van der Waals surface area contributed by atoms with Gasteiger partial charge in [-0.05, 0) is 6.92 Å². The Morgan fingerprint density at radius 3 is 1.67 bits per heavy atom. The topological polar surface area (TPSA) is 34.1 Å². The maximum Gasteiger partial charge on any atom is 0.250 e. The summed E-state index contributed by atoms with van der Waals surface area (Å²) in [6.07, 6.45) is 0. The number of rotatable bonds is 2. The van der Waals surface area contributed by atoms with Crippen molar-refractivity contribution in [3.63, 3.8) is 0 Å². The first-order chi connectivity index (χ1) is 3.85. The highest BCUT2D eigenvalue weighted by atomic mass is 35.7. The van der Waals surface area contributed by atoms with Crippen molar-refractivity contribution < 1.29 is 8.42 Å². The summed E-state index contributed by atoms with van der Waals surface area (Å²) in [5.74, 6) is 0. The van der Waals surface area contributed by atoms with E-state index >= 15 is 0 Å². The van der Waals surface area contributed by atoms with E-state index in [1.165, 1.54) is 6.92 Å². The molecular weight excluding hydrogens is 206 g/mol. The Morgan fingerprint density at radius 1 is 1.33 bits per heavy atom. The van der Waals surface area contributed by atoms with Crippen molar-refractivity contribution in [2.45, 2.75) is 17.0 Å². The number of hydrogen-bond donors (Lipinski definition) is 0. The lowest BCUT2D eigenvalue weighted by molar-refractivity contribution is 0.605. The van der Waals surface area contributed by atoms with Crippen molar-refractivity contribution in [3.05, 3.63) is 0 Å². The third-order valence-corrected chi connectivity index (χ3v) is 4.04. The third kappa shape index (κ3) is 3.50. The van der Waals surface area contributed by atoms with E-state index in [1.54, 1.807) is 0 Å². The normalized spacial score (nSPS) is 19.1. The largest absolute Gasteiger partial charge is 0.250 e. The molecule has 9 heavy (non-hydrogen) atoms. The maximum absolute atomic E-state index is 10.3. The average Bonchev–Trinajstić information content (AvgIpc) is 1.62. The van der Waals surface area contributed by atoms with E-state index in [0.717, 1.165) is 0 Å². The van der Waals surface area contributed by atoms with Crippen LogP contribution in [0.15, 0.2) is 0 Å². The minimum absolute atomic E-state index is 0.672. The van der Waals surface area contributed by atoms with E-state index in [2.05, 4.69) is 0 Å². The zero-order chi connectivity index (χ0) is 7.65. The van der Waals surface area contributed by atoms with Gasteiger partial charge in [-0.1, -0.05) is 0 Å². The first-order valence-corrected chi connectivity index (χ1v) is 5.32. The molecule has 0 fully saturated rings. The van der Waals surface area contributed by atoms with Crippen molar-refractivity contribution >= 4 is 42.9 Å². The molecule has 2 atom stereocenters. The summed E-state index contributed by atoms with van der Waals surface area (Å²) in [5, 5.41) is -0.672. The highest BCUT2D eigenvalue weighted by molar-refractivity contribution is 8.15. The Hall–Kier alpha value is 0.820. The van der Waals surface area contributed by atoms with Gasteiger partial charge in [-0.25, -0.2) is 8.42 Å². The van der Waals surface area contributed by atoms with Crippen molar-refractivity contribution in [2.24, 2.45) is 0 Å². The van der Waals surface area contributed by atoms with E-state index in [1.807, 2.05) is 0 Å². The lowest BCUT2D eigenvalue weighted by Crippen LogP contribution is -2.17. The Morgan fingerprint density at radius 2 is 1.67 bits per heavy atom. The summed E-state index contributed by atoms with van der Waals surface area (Å²) in [6.45, 7) is 1.46. The van der Waals surface area contributed by atoms with Gasteiger partial charge < -0.3 is 0 Å². The van der Waals surface area contributed by atoms with E-state index in [4.69, 9.17) is 33.9 Å². The van der Waals surface area contributed by atoms with Gasteiger partial charge >= 0.3 is 0 Å². The van der Waals surface area contributed by atoms with Crippen LogP contribution in [0.5, 0.6) is 0 Å². The molecule has 0 saturated heterocycles. The van der Waals surface area contributed by atoms with E-state index < -0.39 is 19.1 Å². The van der Waals surface area contributed by atoms with Crippen LogP contribution in [-0.4, -0.2) is 18.5 Å². The second kappa shape index (κ2) is 3.28. The Kier molecular flexibility index (Phi) is 3.58. The van der Waals surface area contributed by atoms with Gasteiger partial charge in [0.15, 0.2) is 4.71 Å². The van der Waals surface area contributed by atoms with Crippen LogP contribution in [0.2, 0.25) is 0 Å². The van der Waals surface area contributed by atoms with Gasteiger partial charge in [0.25, 0.3) is 9.05 Å². The van der Waals surface area contributed by atoms with Gasteiger partial charge in [-0.15, -0.1) is 23.2 Å². The zero-order valence-corrected chi connectivity index (χ0v) is 7.60. The Balaban J connectivity index is 4.24. The van der Waals surface area contributed by atoms with Crippen molar-refractivity contribution in [3.8, 4) is 0 Å². The van der Waals surface area contributed by atoms with Crippen LogP contribution in [0, 0.1) is 0 Å². The second-order valence-electron chi connectivity index (χ2n) is 1.50. The molecule has 0 aromatic carbocycles. The third-order valence-electron chi connectivity index (χ3n) is 0.630. The predicted octanol–water partition coefficient (Wildman–Crippen LogP) is 1.75. The minimum Gasteiger partial charge on any atom is -0.211 e. The molecule has 2 nitrogen and oxygen atoms in total. The van der Waals surface area contributed by atoms with Crippen molar-refractivity contribution in [1.29, 1.82) is 0 Å². The van der Waals surface area contributed by atoms with Crippen LogP contribution >= 0.6 is 33.9 Å². The van der Waals surface area contributed by atoms with Crippen molar-refractivity contribution in [1.82, 2.24) is 0 Å². The molecule has 0 aromatic rings. The van der Waals surface area contributed by atoms with Crippen LogP contribution in [0.3, 0.4) is 0 Å². The summed E-state index contributed by atoms with van der Waals surface area (Å²) >= 11 is 10.6. The molecule has 0 radical (unpaired) electrons. The summed E-state index contributed by atoms with van der Waals surface area (Å²) in [7, 11) is 1.14. The molecule has 0 aliphatic rings. The zero-order valence-electron chi connectivity index (χ0n) is 4.51. The van der Waals surface area contributed by atoms with Crippen LogP contribution in [0.1, 0.15) is 6.92 Å². The fraction of sp³-hybridized carbons (Fsp3) is 1.00. The molecule has 2 unspecified atom stereocenters. The summed E-state index contributed by atoms with van der Waals surface area (Å²) < 4.78 is 19.4. The quantitative estimate of drug-likeness (QED) is 0.515. The monoisotopic (exact) mass is 210 g/mol. The molecule has 0 heterocycles. The van der Waals surface area contributed by atoms with E-state index in [-0.39, 0.29) is 0 Å². The predicted molar refractivity (Wildman–Crippen MR) is 39.7 cm³/mol. The molecule has 56 valence electrons. The van der Waals surface area contributed by atoms with Gasteiger partial charge in [0.1, 0.15) is 0 Å². The fourth-order valence-electron chi connectivity index (χ4n) is 0.224. The Bertz CT molecular complexity index is 173. The van der Waals surface area contributed by atoms with Gasteiger partial charge in [-0.3, -0.25) is 0 Å². The summed E-state index contributed by atoms with van der Waals surface area (Å²) in [5.41, 5.74) is 0. The van der Waals surface area contributed by atoms with Crippen molar-refractivity contribution in [2.75, 3.05) is 0 Å². The van der Waals surface area contributed by atoms with Gasteiger partial charge in [-0.2, -0.15) is 0 Å². The Labute approximate surface area is 68.5 Å². The van der Waals surface area contributed by atoms with Gasteiger partial charge in [0.2, 0.25) is 0 Å². The second-order valence-corrected chi connectivity index (χ2v) is 5.67. The molecule has 0 N–H and O–H groups in total. The SMILES string of the molecule is CC(Cl)C(Cl)S(=O)(=O)Cl. The van der Waals surface area contributed by atoms with Crippen LogP contribution in [0.4, 0.5) is 0 Å². The molecular formula is C3H5Cl3O2S. The average molecular weight is 211 g/mol. The smallest absolute Gasteiger partial charge is 0.211 e. The summed E-state index contributed by atoms with van der Waals surface area (Å²) in [4.78, 5) is 0. The molecule has 0 aliphatic carbocycles. The van der Waals surface area contributed by atoms with Gasteiger partial charge in [0, 0.05) is 10.7 Å². The molecule has 6 heteroatoms. The number of alkyl halides is 2. The molecule has 0 aromatic heterocycles. The molecule has 0 saturated carbocycles. The minimum atomic E-state index is -3.70. The first kappa shape index (κ1) is 9.82. The molecule has 0 amide bonds. The standard InChI is InChI=1S/C3H5Cl3O2S/c1-2(4)3(5)9(6,7)8/h2-3H,1H3. The number of halogens is 3. The van der Waals surface area contributed by atoms with Crippen LogP contribution in [-0.2, 0) is 9.05 Å². The highest BCUT2D eigenvalue weighted by Gasteiger charge is 2.24. The van der Waals surface area contributed by atoms with E-state index in [9.17, 15) is 8.42 Å². The maximum atomic E-state index is 10.3. The lowest BCUT2D eigenvalue weighted by atomic mass is 10.6. The first-order valence-electron chi connectivity index (χ1n) is 2.07. The van der Waals surface area contributed by atoms with Crippen LogP contribution < -0.4 is 0 Å².